The Kier molecular flexibility index (Phi) is 13.6. The van der Waals surface area contributed by atoms with Crippen LogP contribution in [0.25, 0.3) is 0 Å². The number of rotatable bonds is 7. The van der Waals surface area contributed by atoms with E-state index in [2.05, 4.69) is 70.9 Å². The molecule has 2 unspecified atom stereocenters. The lowest BCUT2D eigenvalue weighted by molar-refractivity contribution is -0.110. The van der Waals surface area contributed by atoms with Gasteiger partial charge in [0, 0.05) is 38.6 Å². The zero-order valence-electron chi connectivity index (χ0n) is 24.2. The highest BCUT2D eigenvalue weighted by Crippen LogP contribution is 2.49. The summed E-state index contributed by atoms with van der Waals surface area (Å²) in [5.74, 6) is 1.59. The van der Waals surface area contributed by atoms with E-state index in [1.165, 1.54) is 47.9 Å². The summed E-state index contributed by atoms with van der Waals surface area (Å²) in [6.07, 6.45) is 16.3. The average Bonchev–Trinajstić information content (AvgIpc) is 3.05. The first-order valence-electron chi connectivity index (χ1n) is 15.0. The van der Waals surface area contributed by atoms with Gasteiger partial charge in [-0.3, -0.25) is 4.99 Å². The second-order valence-electron chi connectivity index (χ2n) is 12.0. The van der Waals surface area contributed by atoms with Gasteiger partial charge in [-0.1, -0.05) is 108 Å². The third-order valence-electron chi connectivity index (χ3n) is 9.07. The molecule has 0 spiro atoms. The predicted molar refractivity (Wildman–Crippen MR) is 178 cm³/mol. The average molecular weight is 680 g/mol. The number of carbonyl (C=O) groups excluding carboxylic acids is 2. The van der Waals surface area contributed by atoms with Crippen molar-refractivity contribution < 1.29 is 9.59 Å². The molecule has 0 bridgehead atoms. The fourth-order valence-corrected chi connectivity index (χ4v) is 7.93. The van der Waals surface area contributed by atoms with Crippen LogP contribution in [0.2, 0.25) is 37.1 Å². The van der Waals surface area contributed by atoms with Gasteiger partial charge in [0.2, 0.25) is 6.71 Å². The molecule has 4 rings (SSSR count). The van der Waals surface area contributed by atoms with E-state index in [4.69, 9.17) is 16.6 Å². The van der Waals surface area contributed by atoms with Crippen molar-refractivity contribution in [1.29, 1.82) is 0 Å². The number of alkyl halides is 1. The van der Waals surface area contributed by atoms with Gasteiger partial charge in [-0.05, 0) is 73.8 Å². The molecule has 8 heteroatoms. The number of nitrogens with zero attached hydrogens (tertiary/aromatic N) is 1. The van der Waals surface area contributed by atoms with Gasteiger partial charge in [0.15, 0.2) is 0 Å². The first kappa shape index (κ1) is 32.9. The minimum Gasteiger partial charge on any atom is -0.311 e. The lowest BCUT2D eigenvalue weighted by Gasteiger charge is -2.34. The number of hydrogen-bond acceptors (Lipinski definition) is 3. The quantitative estimate of drug-likeness (QED) is 0.125. The van der Waals surface area contributed by atoms with Crippen LogP contribution >= 0.6 is 43.5 Å². The summed E-state index contributed by atoms with van der Waals surface area (Å²) in [6.45, 7) is 9.61. The van der Waals surface area contributed by atoms with Gasteiger partial charge in [-0.15, -0.1) is 0 Å². The molecule has 0 aromatic heterocycles. The SMILES string of the molecule is CC(=O)B1CCC(CC=O)CC1.CCC1=C(N=CC(C)Br)C(C2CCB(C)CC2)c2c(Br)cc(Cl)cc2CC1. The molecule has 1 aromatic rings. The Hall–Kier alpha value is -0.650. The maximum atomic E-state index is 11.0. The Labute approximate surface area is 259 Å². The van der Waals surface area contributed by atoms with Crippen LogP contribution in [0.15, 0.2) is 32.9 Å². The van der Waals surface area contributed by atoms with Gasteiger partial charge < -0.3 is 9.59 Å². The maximum absolute atomic E-state index is 11.0. The normalized spacial score (nSPS) is 21.8. The van der Waals surface area contributed by atoms with Crippen LogP contribution in [0.5, 0.6) is 0 Å². The highest BCUT2D eigenvalue weighted by molar-refractivity contribution is 9.10. The first-order valence-corrected chi connectivity index (χ1v) is 17.0. The Balaban J connectivity index is 0.000000293. The van der Waals surface area contributed by atoms with Gasteiger partial charge in [0.1, 0.15) is 13.0 Å². The van der Waals surface area contributed by atoms with Crippen LogP contribution in [0.1, 0.15) is 82.8 Å². The molecule has 2 saturated heterocycles. The molecule has 2 fully saturated rings. The van der Waals surface area contributed by atoms with Gasteiger partial charge >= 0.3 is 0 Å². The lowest BCUT2D eigenvalue weighted by Crippen LogP contribution is -2.28. The summed E-state index contributed by atoms with van der Waals surface area (Å²) in [6, 6.07) is 4.26. The number of benzene rings is 1. The molecule has 2 atom stereocenters. The molecule has 3 nitrogen and oxygen atoms in total. The van der Waals surface area contributed by atoms with E-state index in [0.29, 0.717) is 29.9 Å². The zero-order valence-corrected chi connectivity index (χ0v) is 28.1. The molecule has 3 aliphatic rings. The van der Waals surface area contributed by atoms with Gasteiger partial charge in [-0.25, -0.2) is 0 Å². The third-order valence-corrected chi connectivity index (χ3v) is 10.2. The van der Waals surface area contributed by atoms with Crippen molar-refractivity contribution in [1.82, 2.24) is 0 Å². The maximum Gasteiger partial charge on any atom is 0.222 e. The number of aliphatic imine (C=N–C) groups is 1. The van der Waals surface area contributed by atoms with Crippen molar-refractivity contribution in [2.45, 2.75) is 115 Å². The van der Waals surface area contributed by atoms with Crippen LogP contribution in [-0.4, -0.2) is 36.4 Å². The first-order chi connectivity index (χ1) is 18.6. The van der Waals surface area contributed by atoms with E-state index in [0.717, 1.165) is 67.2 Å². The lowest BCUT2D eigenvalue weighted by atomic mass is 9.38. The Bertz CT molecular complexity index is 1050. The van der Waals surface area contributed by atoms with E-state index in [1.807, 2.05) is 0 Å². The number of halogens is 3. The van der Waals surface area contributed by atoms with E-state index < -0.39 is 0 Å². The molecule has 1 aromatic carbocycles. The highest BCUT2D eigenvalue weighted by atomic mass is 79.9. The minimum absolute atomic E-state index is 0.284. The Morgan fingerprint density at radius 3 is 2.38 bits per heavy atom. The molecular weight excluding hydrogens is 635 g/mol. The minimum atomic E-state index is 0.284. The van der Waals surface area contributed by atoms with Crippen LogP contribution in [0.3, 0.4) is 0 Å². The van der Waals surface area contributed by atoms with Gasteiger partial charge in [-0.2, -0.15) is 0 Å². The summed E-state index contributed by atoms with van der Waals surface area (Å²) < 4.78 is 1.16. The number of carbonyl (C=O) groups is 2. The number of aldehydes is 1. The van der Waals surface area contributed by atoms with Crippen LogP contribution in [-0.2, 0) is 16.0 Å². The Morgan fingerprint density at radius 2 is 1.82 bits per heavy atom. The molecule has 0 saturated carbocycles. The standard InChI is InChI=1S/C22H29BBr2ClN.C9H15BO2/c1-4-15-5-6-17-11-18(26)12-19(25)20(17)21(22(15)27-13-14(2)24)16-7-9-23(3)10-8-16;1-8(12)10-5-2-9(3-6-10)4-7-11/h11-14,16,21H,4-10H2,1-3H3;7,9H,2-6H2,1H3. The summed E-state index contributed by atoms with van der Waals surface area (Å²) in [5, 5.41) is 0.829. The summed E-state index contributed by atoms with van der Waals surface area (Å²) >= 11 is 13.9. The van der Waals surface area contributed by atoms with E-state index in [-0.39, 0.29) is 11.5 Å². The van der Waals surface area contributed by atoms with Crippen molar-refractivity contribution >= 4 is 75.1 Å². The molecule has 2 aliphatic heterocycles. The van der Waals surface area contributed by atoms with Crippen LogP contribution in [0.4, 0.5) is 0 Å². The summed E-state index contributed by atoms with van der Waals surface area (Å²) in [4.78, 5) is 26.6. The second-order valence-corrected chi connectivity index (χ2v) is 14.7. The number of hydrogen-bond donors (Lipinski definition) is 0. The molecule has 0 radical (unpaired) electrons. The molecule has 2 heterocycles. The third kappa shape index (κ3) is 9.43. The van der Waals surface area contributed by atoms with Crippen LogP contribution < -0.4 is 0 Å². The fourth-order valence-electron chi connectivity index (χ4n) is 6.69. The highest BCUT2D eigenvalue weighted by Gasteiger charge is 2.36. The van der Waals surface area contributed by atoms with Crippen molar-refractivity contribution in [3.8, 4) is 0 Å². The van der Waals surface area contributed by atoms with E-state index in [9.17, 15) is 9.59 Å². The Morgan fingerprint density at radius 1 is 1.15 bits per heavy atom. The summed E-state index contributed by atoms with van der Waals surface area (Å²) in [7, 11) is 0. The molecule has 212 valence electrons. The number of allylic oxidation sites excluding steroid dienone is 2. The molecule has 0 amide bonds. The monoisotopic (exact) mass is 677 g/mol. The molecule has 39 heavy (non-hydrogen) atoms. The van der Waals surface area contributed by atoms with Crippen LogP contribution in [0, 0.1) is 11.8 Å². The van der Waals surface area contributed by atoms with Crippen molar-refractivity contribution in [3.63, 3.8) is 0 Å². The molecule has 0 N–H and O–H groups in total. The largest absolute Gasteiger partial charge is 0.311 e. The topological polar surface area (TPSA) is 46.5 Å². The molecule has 1 aliphatic carbocycles. The van der Waals surface area contributed by atoms with Crippen molar-refractivity contribution in [2.24, 2.45) is 16.8 Å². The number of aryl methyl sites for hydroxylation is 1. The summed E-state index contributed by atoms with van der Waals surface area (Å²) in [5.41, 5.74) is 6.00. The zero-order chi connectivity index (χ0) is 28.5. The van der Waals surface area contributed by atoms with Gasteiger partial charge in [0.25, 0.3) is 0 Å². The fraction of sp³-hybridized carbons (Fsp3) is 0.645. The smallest absolute Gasteiger partial charge is 0.222 e. The van der Waals surface area contributed by atoms with Crippen molar-refractivity contribution in [2.75, 3.05) is 0 Å². The van der Waals surface area contributed by atoms with Gasteiger partial charge in [0.05, 0.1) is 5.68 Å². The van der Waals surface area contributed by atoms with E-state index in [1.54, 1.807) is 6.92 Å². The van der Waals surface area contributed by atoms with Crippen molar-refractivity contribution in [3.05, 3.63) is 44.0 Å². The van der Waals surface area contributed by atoms with E-state index >= 15 is 0 Å². The predicted octanol–water partition coefficient (Wildman–Crippen LogP) is 9.79. The number of fused-ring (bicyclic) bond motifs is 1. The molecular formula is C31H44B2Br2ClNO2. The second kappa shape index (κ2) is 16.1.